The molecule has 1 heterocycles. The van der Waals surface area contributed by atoms with Crippen molar-refractivity contribution in [1.82, 2.24) is 9.80 Å². The lowest BCUT2D eigenvalue weighted by atomic mass is 10.1. The highest BCUT2D eigenvalue weighted by atomic mass is 79.9. The molecule has 1 saturated heterocycles. The van der Waals surface area contributed by atoms with E-state index < -0.39 is 0 Å². The van der Waals surface area contributed by atoms with Crippen LogP contribution in [-0.2, 0) is 11.3 Å². The van der Waals surface area contributed by atoms with Crippen LogP contribution in [0.4, 0.5) is 4.39 Å². The maximum absolute atomic E-state index is 13.0. The molecule has 1 aliphatic heterocycles. The average Bonchev–Trinajstić information content (AvgIpc) is 2.63. The Kier molecular flexibility index (Phi) is 6.27. The molecule has 1 aliphatic rings. The number of rotatable bonds is 5. The first-order valence-corrected chi connectivity index (χ1v) is 9.45. The molecule has 1 atom stereocenters. The monoisotopic (exact) mass is 420 g/mol. The van der Waals surface area contributed by atoms with Crippen molar-refractivity contribution < 1.29 is 13.9 Å². The Morgan fingerprint density at radius 2 is 1.85 bits per heavy atom. The van der Waals surface area contributed by atoms with Crippen molar-refractivity contribution in [3.8, 4) is 5.75 Å². The first-order chi connectivity index (χ1) is 12.5. The van der Waals surface area contributed by atoms with Crippen molar-refractivity contribution in [2.24, 2.45) is 0 Å². The molecule has 0 N–H and O–H groups in total. The summed E-state index contributed by atoms with van der Waals surface area (Å²) in [6.45, 7) is 5.12. The van der Waals surface area contributed by atoms with E-state index in [1.54, 1.807) is 0 Å². The van der Waals surface area contributed by atoms with Gasteiger partial charge in [0.25, 0.3) is 5.91 Å². The molecule has 3 rings (SSSR count). The summed E-state index contributed by atoms with van der Waals surface area (Å²) in [7, 11) is 0. The van der Waals surface area contributed by atoms with Crippen molar-refractivity contribution in [3.63, 3.8) is 0 Å². The number of ether oxygens (including phenoxy) is 1. The van der Waals surface area contributed by atoms with Crippen molar-refractivity contribution in [2.45, 2.75) is 19.5 Å². The number of nitrogens with zero attached hydrogens (tertiary/aromatic N) is 2. The fourth-order valence-corrected chi connectivity index (χ4v) is 3.42. The molecule has 26 heavy (non-hydrogen) atoms. The SMILES string of the molecule is C[C@@H]1CN(Cc2ccc(F)cc2)CCN1C(=O)COc1ccc(Br)cc1. The van der Waals surface area contributed by atoms with E-state index >= 15 is 0 Å². The summed E-state index contributed by atoms with van der Waals surface area (Å²) in [5.74, 6) is 0.467. The molecule has 138 valence electrons. The van der Waals surface area contributed by atoms with Crippen LogP contribution in [0.1, 0.15) is 12.5 Å². The van der Waals surface area contributed by atoms with Gasteiger partial charge >= 0.3 is 0 Å². The van der Waals surface area contributed by atoms with Crippen molar-refractivity contribution in [1.29, 1.82) is 0 Å². The number of amides is 1. The zero-order chi connectivity index (χ0) is 18.5. The molecule has 0 bridgehead atoms. The van der Waals surface area contributed by atoms with Crippen LogP contribution in [0.3, 0.4) is 0 Å². The molecule has 1 amide bonds. The van der Waals surface area contributed by atoms with Crippen LogP contribution in [0.5, 0.6) is 5.75 Å². The highest BCUT2D eigenvalue weighted by molar-refractivity contribution is 9.10. The normalized spacial score (nSPS) is 18.0. The van der Waals surface area contributed by atoms with Crippen LogP contribution in [0.2, 0.25) is 0 Å². The van der Waals surface area contributed by atoms with Crippen LogP contribution in [0.15, 0.2) is 53.0 Å². The Morgan fingerprint density at radius 3 is 2.50 bits per heavy atom. The molecule has 2 aromatic rings. The first-order valence-electron chi connectivity index (χ1n) is 8.66. The summed E-state index contributed by atoms with van der Waals surface area (Å²) in [5.41, 5.74) is 1.08. The zero-order valence-corrected chi connectivity index (χ0v) is 16.3. The molecule has 2 aromatic carbocycles. The van der Waals surface area contributed by atoms with Crippen LogP contribution in [0.25, 0.3) is 0 Å². The van der Waals surface area contributed by atoms with Gasteiger partial charge in [0.15, 0.2) is 6.61 Å². The van der Waals surface area contributed by atoms with E-state index in [4.69, 9.17) is 4.74 Å². The summed E-state index contributed by atoms with van der Waals surface area (Å²) in [6.07, 6.45) is 0. The van der Waals surface area contributed by atoms with E-state index in [-0.39, 0.29) is 24.4 Å². The van der Waals surface area contributed by atoms with Crippen LogP contribution >= 0.6 is 15.9 Å². The van der Waals surface area contributed by atoms with Gasteiger partial charge in [-0.3, -0.25) is 9.69 Å². The van der Waals surface area contributed by atoms with Gasteiger partial charge in [-0.25, -0.2) is 4.39 Å². The van der Waals surface area contributed by atoms with Gasteiger partial charge in [-0.2, -0.15) is 0 Å². The largest absolute Gasteiger partial charge is 0.484 e. The van der Waals surface area contributed by atoms with Gasteiger partial charge in [0.1, 0.15) is 11.6 Å². The van der Waals surface area contributed by atoms with Gasteiger partial charge in [0.05, 0.1) is 0 Å². The Bertz CT molecular complexity index is 736. The average molecular weight is 421 g/mol. The number of halogens is 2. The van der Waals surface area contributed by atoms with E-state index in [9.17, 15) is 9.18 Å². The first kappa shape index (κ1) is 18.9. The maximum Gasteiger partial charge on any atom is 0.260 e. The molecule has 0 unspecified atom stereocenters. The number of hydrogen-bond acceptors (Lipinski definition) is 3. The smallest absolute Gasteiger partial charge is 0.260 e. The third-order valence-electron chi connectivity index (χ3n) is 4.53. The Labute approximate surface area is 161 Å². The second kappa shape index (κ2) is 8.64. The summed E-state index contributed by atoms with van der Waals surface area (Å²) in [4.78, 5) is 16.6. The minimum absolute atomic E-state index is 0.00171. The van der Waals surface area contributed by atoms with Gasteiger partial charge in [-0.05, 0) is 48.9 Å². The number of benzene rings is 2. The van der Waals surface area contributed by atoms with E-state index in [1.165, 1.54) is 12.1 Å². The fourth-order valence-electron chi connectivity index (χ4n) is 3.15. The highest BCUT2D eigenvalue weighted by Crippen LogP contribution is 2.17. The fraction of sp³-hybridized carbons (Fsp3) is 0.350. The van der Waals surface area contributed by atoms with Crippen LogP contribution in [0, 0.1) is 5.82 Å². The summed E-state index contributed by atoms with van der Waals surface area (Å²) >= 11 is 3.37. The van der Waals surface area contributed by atoms with E-state index in [0.29, 0.717) is 12.3 Å². The van der Waals surface area contributed by atoms with Crippen LogP contribution in [-0.4, -0.2) is 48.0 Å². The Morgan fingerprint density at radius 1 is 1.15 bits per heavy atom. The topological polar surface area (TPSA) is 32.8 Å². The lowest BCUT2D eigenvalue weighted by Crippen LogP contribution is -2.54. The number of hydrogen-bond donors (Lipinski definition) is 0. The van der Waals surface area contributed by atoms with Gasteiger partial charge in [-0.15, -0.1) is 0 Å². The molecular formula is C20H22BrFN2O2. The number of carbonyl (C=O) groups excluding carboxylic acids is 1. The molecule has 6 heteroatoms. The molecule has 0 aromatic heterocycles. The molecular weight excluding hydrogens is 399 g/mol. The van der Waals surface area contributed by atoms with E-state index in [2.05, 4.69) is 20.8 Å². The van der Waals surface area contributed by atoms with Crippen molar-refractivity contribution in [2.75, 3.05) is 26.2 Å². The molecule has 4 nitrogen and oxygen atoms in total. The van der Waals surface area contributed by atoms with Crippen molar-refractivity contribution in [3.05, 3.63) is 64.4 Å². The summed E-state index contributed by atoms with van der Waals surface area (Å²) in [5, 5.41) is 0. The Hall–Kier alpha value is -1.92. The molecule has 0 saturated carbocycles. The lowest BCUT2D eigenvalue weighted by Gasteiger charge is -2.39. The van der Waals surface area contributed by atoms with Gasteiger partial charge < -0.3 is 9.64 Å². The zero-order valence-electron chi connectivity index (χ0n) is 14.7. The number of piperazine rings is 1. The standard InChI is InChI=1S/C20H22BrFN2O2/c1-15-12-23(13-16-2-6-18(22)7-3-16)10-11-24(15)20(25)14-26-19-8-4-17(21)5-9-19/h2-9,15H,10-14H2,1H3/t15-/m1/s1. The third kappa shape index (κ3) is 5.05. The predicted octanol–water partition coefficient (Wildman–Crippen LogP) is 3.70. The second-order valence-corrected chi connectivity index (χ2v) is 7.46. The second-order valence-electron chi connectivity index (χ2n) is 6.54. The molecule has 1 fully saturated rings. The lowest BCUT2D eigenvalue weighted by molar-refractivity contribution is -0.138. The van der Waals surface area contributed by atoms with Crippen molar-refractivity contribution >= 4 is 21.8 Å². The maximum atomic E-state index is 13.0. The number of carbonyl (C=O) groups is 1. The molecule has 0 aliphatic carbocycles. The van der Waals surface area contributed by atoms with Gasteiger partial charge in [0.2, 0.25) is 0 Å². The quantitative estimate of drug-likeness (QED) is 0.738. The summed E-state index contributed by atoms with van der Waals surface area (Å²) in [6, 6.07) is 14.1. The van der Waals surface area contributed by atoms with Crippen LogP contribution < -0.4 is 4.74 Å². The predicted molar refractivity (Wildman–Crippen MR) is 102 cm³/mol. The minimum atomic E-state index is -0.219. The third-order valence-corrected chi connectivity index (χ3v) is 5.06. The molecule has 0 spiro atoms. The molecule has 0 radical (unpaired) electrons. The van der Waals surface area contributed by atoms with Gasteiger partial charge in [0, 0.05) is 36.7 Å². The van der Waals surface area contributed by atoms with Gasteiger partial charge in [-0.1, -0.05) is 28.1 Å². The minimum Gasteiger partial charge on any atom is -0.484 e. The highest BCUT2D eigenvalue weighted by Gasteiger charge is 2.27. The van der Waals surface area contributed by atoms with E-state index in [1.807, 2.05) is 48.2 Å². The van der Waals surface area contributed by atoms with E-state index in [0.717, 1.165) is 29.7 Å². The summed E-state index contributed by atoms with van der Waals surface area (Å²) < 4.78 is 19.6. The Balaban J connectivity index is 1.49.